The predicted molar refractivity (Wildman–Crippen MR) is 149 cm³/mol. The van der Waals surface area contributed by atoms with Crippen molar-refractivity contribution >= 4 is 18.0 Å². The summed E-state index contributed by atoms with van der Waals surface area (Å²) in [6, 6.07) is 8.36. The third kappa shape index (κ3) is 4.29. The molecule has 9 heteroatoms. The lowest BCUT2D eigenvalue weighted by atomic mass is 9.46. The average Bonchev–Trinajstić information content (AvgIpc) is 3.69. The number of benzene rings is 1. The lowest BCUT2D eigenvalue weighted by molar-refractivity contribution is -0.948. The molecular weight excluding hydrogens is 545 g/mol. The number of piperidine rings is 1. The number of carbonyl (C=O) groups excluding carboxylic acids is 2. The van der Waals surface area contributed by atoms with Gasteiger partial charge in [-0.2, -0.15) is 13.2 Å². The van der Waals surface area contributed by atoms with Gasteiger partial charge in [-0.3, -0.25) is 9.59 Å². The molecule has 3 unspecified atom stereocenters. The first-order valence-corrected chi connectivity index (χ1v) is 15.2. The van der Waals surface area contributed by atoms with Crippen LogP contribution in [0.5, 0.6) is 0 Å². The molecular formula is C33H38F3N2O4+. The van der Waals surface area contributed by atoms with Gasteiger partial charge in [0.05, 0.1) is 32.3 Å². The zero-order chi connectivity index (χ0) is 29.5. The van der Waals surface area contributed by atoms with Gasteiger partial charge in [-0.15, -0.1) is 0 Å². The summed E-state index contributed by atoms with van der Waals surface area (Å²) in [5.41, 5.74) is -1.88. The van der Waals surface area contributed by atoms with Gasteiger partial charge in [0.2, 0.25) is 0 Å². The van der Waals surface area contributed by atoms with Crippen LogP contribution in [0.15, 0.2) is 59.4 Å². The lowest BCUT2D eigenvalue weighted by Gasteiger charge is -2.64. The average molecular weight is 584 g/mol. The van der Waals surface area contributed by atoms with E-state index < -0.39 is 35.3 Å². The number of alkyl halides is 3. The van der Waals surface area contributed by atoms with Crippen molar-refractivity contribution < 1.29 is 36.7 Å². The van der Waals surface area contributed by atoms with Crippen LogP contribution in [0.4, 0.5) is 13.2 Å². The number of carbonyl (C=O) groups is 2. The van der Waals surface area contributed by atoms with E-state index in [4.69, 9.17) is 9.47 Å². The molecule has 1 spiro atoms. The van der Waals surface area contributed by atoms with Crippen LogP contribution in [0.1, 0.15) is 57.4 Å². The van der Waals surface area contributed by atoms with Crippen LogP contribution in [-0.2, 0) is 19.1 Å². The number of esters is 1. The largest absolute Gasteiger partial charge is 0.427 e. The van der Waals surface area contributed by atoms with Gasteiger partial charge in [-0.05, 0) is 55.0 Å². The number of hydrogen-bond acceptors (Lipinski definition) is 4. The van der Waals surface area contributed by atoms with E-state index in [1.54, 1.807) is 30.4 Å². The molecule has 0 aromatic heterocycles. The first-order valence-electron chi connectivity index (χ1n) is 15.2. The van der Waals surface area contributed by atoms with E-state index in [1.807, 2.05) is 0 Å². The Morgan fingerprint density at radius 2 is 1.93 bits per heavy atom. The molecule has 1 aromatic carbocycles. The van der Waals surface area contributed by atoms with Crippen molar-refractivity contribution in [3.63, 3.8) is 0 Å². The Bertz CT molecular complexity index is 1400. The second kappa shape index (κ2) is 9.55. The molecule has 2 saturated heterocycles. The van der Waals surface area contributed by atoms with Crippen molar-refractivity contribution in [2.45, 2.75) is 75.9 Å². The number of halogens is 3. The minimum atomic E-state index is -4.87. The molecule has 224 valence electrons. The SMILES string of the molecule is CC(=O)OC1=C2C[C@@H]3[C@@H]4CCC[C@@H]5OC(NC(=O)C(=Cc6ccccc6)C(F)(F)F)(C=C1)C2[C@@]54CC[N+]3(C)CC1CC1. The van der Waals surface area contributed by atoms with E-state index in [2.05, 4.69) is 12.4 Å². The van der Waals surface area contributed by atoms with Crippen LogP contribution in [0.3, 0.4) is 0 Å². The fourth-order valence-corrected chi connectivity index (χ4v) is 9.39. The maximum Gasteiger partial charge on any atom is 0.421 e. The van der Waals surface area contributed by atoms with E-state index in [1.165, 1.54) is 31.9 Å². The van der Waals surface area contributed by atoms with E-state index in [0.717, 1.165) is 60.8 Å². The fourth-order valence-electron chi connectivity index (χ4n) is 9.39. The highest BCUT2D eigenvalue weighted by molar-refractivity contribution is 5.99. The van der Waals surface area contributed by atoms with E-state index in [-0.39, 0.29) is 17.1 Å². The quantitative estimate of drug-likeness (QED) is 0.267. The van der Waals surface area contributed by atoms with Gasteiger partial charge < -0.3 is 19.3 Å². The third-order valence-corrected chi connectivity index (χ3v) is 11.1. The number of ether oxygens (including phenoxy) is 2. The molecule has 0 radical (unpaired) electrons. The first-order chi connectivity index (χ1) is 20.0. The Morgan fingerprint density at radius 1 is 1.17 bits per heavy atom. The number of amides is 1. The Labute approximate surface area is 244 Å². The van der Waals surface area contributed by atoms with Gasteiger partial charge in [-0.25, -0.2) is 0 Å². The minimum absolute atomic E-state index is 0.206. The minimum Gasteiger partial charge on any atom is -0.427 e. The first kappa shape index (κ1) is 27.9. The van der Waals surface area contributed by atoms with Crippen molar-refractivity contribution in [2.24, 2.45) is 23.2 Å². The summed E-state index contributed by atoms with van der Waals surface area (Å²) in [5.74, 6) is -0.544. The molecule has 2 bridgehead atoms. The molecule has 1 aromatic rings. The molecule has 7 atom stereocenters. The topological polar surface area (TPSA) is 64.6 Å². The van der Waals surface area contributed by atoms with Crippen molar-refractivity contribution in [1.82, 2.24) is 5.32 Å². The maximum absolute atomic E-state index is 14.3. The molecule has 42 heavy (non-hydrogen) atoms. The summed E-state index contributed by atoms with van der Waals surface area (Å²) in [6.07, 6.45) is 5.97. The van der Waals surface area contributed by atoms with E-state index >= 15 is 0 Å². The molecule has 6 aliphatic rings. The number of likely N-dealkylation sites (tertiary alicyclic amines) is 1. The zero-order valence-electron chi connectivity index (χ0n) is 24.1. The monoisotopic (exact) mass is 583 g/mol. The van der Waals surface area contributed by atoms with Crippen LogP contribution in [0.2, 0.25) is 0 Å². The van der Waals surface area contributed by atoms with Gasteiger partial charge in [0.1, 0.15) is 11.3 Å². The van der Waals surface area contributed by atoms with Gasteiger partial charge in [0.15, 0.2) is 5.72 Å². The number of nitrogens with zero attached hydrogens (tertiary/aromatic N) is 1. The molecule has 1 N–H and O–H groups in total. The third-order valence-electron chi connectivity index (χ3n) is 11.1. The summed E-state index contributed by atoms with van der Waals surface area (Å²) < 4.78 is 56.6. The summed E-state index contributed by atoms with van der Waals surface area (Å²) in [4.78, 5) is 25.8. The predicted octanol–water partition coefficient (Wildman–Crippen LogP) is 5.67. The zero-order valence-corrected chi connectivity index (χ0v) is 24.1. The summed E-state index contributed by atoms with van der Waals surface area (Å²) >= 11 is 0. The van der Waals surface area contributed by atoms with Crippen LogP contribution >= 0.6 is 0 Å². The number of allylic oxidation sites excluding steroid dienone is 1. The van der Waals surface area contributed by atoms with Gasteiger partial charge in [-0.1, -0.05) is 36.8 Å². The molecule has 5 fully saturated rings. The Morgan fingerprint density at radius 3 is 2.62 bits per heavy atom. The van der Waals surface area contributed by atoms with Gasteiger partial charge in [0, 0.05) is 42.9 Å². The van der Waals surface area contributed by atoms with Crippen LogP contribution < -0.4 is 5.32 Å². The highest BCUT2D eigenvalue weighted by atomic mass is 19.4. The Hall–Kier alpha value is -2.91. The summed E-state index contributed by atoms with van der Waals surface area (Å²) in [6.45, 7) is 3.46. The van der Waals surface area contributed by atoms with Crippen LogP contribution in [0.25, 0.3) is 6.08 Å². The van der Waals surface area contributed by atoms with Crippen molar-refractivity contribution in [2.75, 3.05) is 20.1 Å². The summed E-state index contributed by atoms with van der Waals surface area (Å²) in [7, 11) is 2.36. The summed E-state index contributed by atoms with van der Waals surface area (Å²) in [5, 5.41) is 2.78. The van der Waals surface area contributed by atoms with Gasteiger partial charge >= 0.3 is 12.1 Å². The van der Waals surface area contributed by atoms with Crippen molar-refractivity contribution in [3.8, 4) is 0 Å². The molecule has 4 aliphatic carbocycles. The highest BCUT2D eigenvalue weighted by Gasteiger charge is 2.75. The smallest absolute Gasteiger partial charge is 0.421 e. The normalized spacial score (nSPS) is 38.6. The molecule has 2 aliphatic heterocycles. The number of nitrogens with one attached hydrogen (secondary N) is 1. The maximum atomic E-state index is 14.3. The molecule has 1 amide bonds. The van der Waals surface area contributed by atoms with E-state index in [9.17, 15) is 22.8 Å². The van der Waals surface area contributed by atoms with Crippen molar-refractivity contribution in [3.05, 3.63) is 65.0 Å². The second-order valence-corrected chi connectivity index (χ2v) is 13.6. The molecule has 3 saturated carbocycles. The van der Waals surface area contributed by atoms with Gasteiger partial charge in [0.25, 0.3) is 5.91 Å². The number of rotatable bonds is 6. The van der Waals surface area contributed by atoms with Crippen LogP contribution in [-0.4, -0.2) is 60.5 Å². The van der Waals surface area contributed by atoms with Crippen molar-refractivity contribution in [1.29, 1.82) is 0 Å². The Balaban J connectivity index is 1.32. The number of quaternary nitrogens is 1. The number of hydrogen-bond donors (Lipinski definition) is 1. The fraction of sp³-hybridized carbons (Fsp3) is 0.576. The Kier molecular flexibility index (Phi) is 6.34. The second-order valence-electron chi connectivity index (χ2n) is 13.6. The van der Waals surface area contributed by atoms with Crippen LogP contribution in [0, 0.1) is 23.2 Å². The highest BCUT2D eigenvalue weighted by Crippen LogP contribution is 2.70. The lowest BCUT2D eigenvalue weighted by Crippen LogP contribution is -2.72. The molecule has 2 heterocycles. The molecule has 7 rings (SSSR count). The molecule has 6 nitrogen and oxygen atoms in total. The standard InChI is InChI=1S/C33H37F3N2O4/c1-20(39)41-27-13-14-32(37-30(40)25(33(34,35)36)17-21-7-4-3-5-8-21)29-23(27)18-26-24-9-6-10-28(42-32)31(24,29)15-16-38(26,2)19-22-11-12-22/h3-5,7-8,13-14,17,22,24,26,28-29H,6,9-12,15-16,18-19H2,1-2H3/p+1/t24-,26+,28-,29?,31+,32?,38?/m0/s1. The van der Waals surface area contributed by atoms with E-state index in [0.29, 0.717) is 24.1 Å².